The van der Waals surface area contributed by atoms with Crippen LogP contribution in [-0.4, -0.2) is 16.5 Å². The summed E-state index contributed by atoms with van der Waals surface area (Å²) in [5.41, 5.74) is 0.969. The second kappa shape index (κ2) is 4.24. The lowest BCUT2D eigenvalue weighted by atomic mass is 10.4. The van der Waals surface area contributed by atoms with Gasteiger partial charge in [-0.3, -0.25) is 4.72 Å². The van der Waals surface area contributed by atoms with Gasteiger partial charge in [0, 0.05) is 6.20 Å². The predicted molar refractivity (Wildman–Crippen MR) is 42.4 cm³/mol. The lowest BCUT2D eigenvalue weighted by Crippen LogP contribution is -2.04. The second-order valence-corrected chi connectivity index (χ2v) is 2.44. The molecule has 0 aliphatic rings. The molecule has 0 saturated carbocycles. The van der Waals surface area contributed by atoms with Crippen molar-refractivity contribution in [1.29, 1.82) is 0 Å². The zero-order chi connectivity index (χ0) is 7.23. The van der Waals surface area contributed by atoms with Gasteiger partial charge in [-0.1, -0.05) is 11.9 Å². The predicted octanol–water partition coefficient (Wildman–Crippen LogP) is 0.844. The second-order valence-electron chi connectivity index (χ2n) is 1.74. The number of aromatic nitrogens is 2. The minimum absolute atomic E-state index is 0.773. The first kappa shape index (κ1) is 7.50. The molecule has 3 nitrogen and oxygen atoms in total. The third kappa shape index (κ3) is 2.33. The van der Waals surface area contributed by atoms with Crippen LogP contribution in [0.3, 0.4) is 0 Å². The fourth-order valence-electron chi connectivity index (χ4n) is 0.574. The molecule has 1 rings (SSSR count). The van der Waals surface area contributed by atoms with Crippen LogP contribution in [0.5, 0.6) is 0 Å². The minimum Gasteiger partial charge on any atom is -0.258 e. The Hall–Kier alpha value is -0.610. The molecule has 0 aromatic carbocycles. The van der Waals surface area contributed by atoms with Gasteiger partial charge in [0.2, 0.25) is 0 Å². The molecule has 0 aliphatic carbocycles. The highest BCUT2D eigenvalue weighted by atomic mass is 32.2. The number of rotatable bonds is 3. The van der Waals surface area contributed by atoms with E-state index < -0.39 is 0 Å². The monoisotopic (exact) mass is 155 g/mol. The standard InChI is InChI=1S/C6H9N3S/c1-10-8-5-6-3-2-4-7-9-6/h2-4,8H,5H2,1H3. The topological polar surface area (TPSA) is 37.8 Å². The Bertz CT molecular complexity index is 178. The molecule has 10 heavy (non-hydrogen) atoms. The van der Waals surface area contributed by atoms with Crippen LogP contribution in [0.15, 0.2) is 18.3 Å². The molecule has 1 heterocycles. The Morgan fingerprint density at radius 1 is 1.70 bits per heavy atom. The Morgan fingerprint density at radius 2 is 2.60 bits per heavy atom. The Balaban J connectivity index is 2.43. The van der Waals surface area contributed by atoms with Gasteiger partial charge in [0.25, 0.3) is 0 Å². The summed E-state index contributed by atoms with van der Waals surface area (Å²) in [6.45, 7) is 0.773. The Kier molecular flexibility index (Phi) is 3.18. The Labute approximate surface area is 64.4 Å². The molecule has 0 aliphatic heterocycles. The normalized spacial score (nSPS) is 9.70. The van der Waals surface area contributed by atoms with E-state index >= 15 is 0 Å². The fourth-order valence-corrected chi connectivity index (χ4v) is 0.866. The van der Waals surface area contributed by atoms with E-state index in [1.807, 2.05) is 18.4 Å². The van der Waals surface area contributed by atoms with Crippen LogP contribution in [-0.2, 0) is 6.54 Å². The van der Waals surface area contributed by atoms with Crippen molar-refractivity contribution in [2.24, 2.45) is 0 Å². The summed E-state index contributed by atoms with van der Waals surface area (Å²) in [5.74, 6) is 0. The first-order valence-electron chi connectivity index (χ1n) is 2.96. The van der Waals surface area contributed by atoms with E-state index in [4.69, 9.17) is 0 Å². The number of nitrogens with one attached hydrogen (secondary N) is 1. The summed E-state index contributed by atoms with van der Waals surface area (Å²) in [6.07, 6.45) is 3.65. The van der Waals surface area contributed by atoms with Gasteiger partial charge < -0.3 is 0 Å². The highest BCUT2D eigenvalue weighted by Gasteiger charge is 1.89. The molecule has 0 amide bonds. The molecule has 0 saturated heterocycles. The summed E-state index contributed by atoms with van der Waals surface area (Å²) in [6, 6.07) is 3.82. The maximum absolute atomic E-state index is 3.89. The number of nitrogens with zero attached hydrogens (tertiary/aromatic N) is 2. The smallest absolute Gasteiger partial charge is 0.0778 e. The quantitative estimate of drug-likeness (QED) is 0.656. The van der Waals surface area contributed by atoms with E-state index in [1.165, 1.54) is 0 Å². The molecule has 0 radical (unpaired) electrons. The molecule has 0 unspecified atom stereocenters. The van der Waals surface area contributed by atoms with Crippen molar-refractivity contribution >= 4 is 11.9 Å². The van der Waals surface area contributed by atoms with Gasteiger partial charge in [-0.15, -0.1) is 0 Å². The molecule has 4 heteroatoms. The molecule has 1 aromatic rings. The maximum atomic E-state index is 3.89. The van der Waals surface area contributed by atoms with Crippen molar-refractivity contribution in [2.75, 3.05) is 6.26 Å². The van der Waals surface area contributed by atoms with Crippen LogP contribution in [0.4, 0.5) is 0 Å². The van der Waals surface area contributed by atoms with Crippen LogP contribution in [0.1, 0.15) is 5.69 Å². The van der Waals surface area contributed by atoms with Crippen molar-refractivity contribution < 1.29 is 0 Å². The molecule has 0 spiro atoms. The van der Waals surface area contributed by atoms with Crippen molar-refractivity contribution in [3.63, 3.8) is 0 Å². The van der Waals surface area contributed by atoms with Crippen molar-refractivity contribution in [1.82, 2.24) is 14.9 Å². The number of hydrogen-bond acceptors (Lipinski definition) is 4. The summed E-state index contributed by atoms with van der Waals surface area (Å²) >= 11 is 1.58. The molecule has 54 valence electrons. The van der Waals surface area contributed by atoms with E-state index in [9.17, 15) is 0 Å². The lowest BCUT2D eigenvalue weighted by Gasteiger charge is -1.96. The van der Waals surface area contributed by atoms with Crippen molar-refractivity contribution in [2.45, 2.75) is 6.54 Å². The largest absolute Gasteiger partial charge is 0.258 e. The van der Waals surface area contributed by atoms with E-state index in [-0.39, 0.29) is 0 Å². The third-order valence-electron chi connectivity index (χ3n) is 1.03. The first-order valence-corrected chi connectivity index (χ1v) is 4.18. The van der Waals surface area contributed by atoms with Crippen molar-refractivity contribution in [3.05, 3.63) is 24.0 Å². The average molecular weight is 155 g/mol. The van der Waals surface area contributed by atoms with Gasteiger partial charge in [0.1, 0.15) is 0 Å². The van der Waals surface area contributed by atoms with E-state index in [1.54, 1.807) is 18.1 Å². The van der Waals surface area contributed by atoms with Gasteiger partial charge in [0.15, 0.2) is 0 Å². The van der Waals surface area contributed by atoms with E-state index in [0.717, 1.165) is 12.2 Å². The summed E-state index contributed by atoms with van der Waals surface area (Å²) in [5, 5.41) is 7.63. The molecule has 1 aromatic heterocycles. The highest BCUT2D eigenvalue weighted by molar-refractivity contribution is 7.96. The highest BCUT2D eigenvalue weighted by Crippen LogP contribution is 1.92. The Morgan fingerprint density at radius 3 is 3.20 bits per heavy atom. The molecular weight excluding hydrogens is 146 g/mol. The van der Waals surface area contributed by atoms with Crippen LogP contribution in [0.25, 0.3) is 0 Å². The van der Waals surface area contributed by atoms with E-state index in [0.29, 0.717) is 0 Å². The van der Waals surface area contributed by atoms with Gasteiger partial charge >= 0.3 is 0 Å². The van der Waals surface area contributed by atoms with Crippen LogP contribution < -0.4 is 4.72 Å². The summed E-state index contributed by atoms with van der Waals surface area (Å²) in [4.78, 5) is 0. The van der Waals surface area contributed by atoms with Gasteiger partial charge in [-0.05, 0) is 18.4 Å². The molecular formula is C6H9N3S. The van der Waals surface area contributed by atoms with Crippen molar-refractivity contribution in [3.8, 4) is 0 Å². The molecule has 0 bridgehead atoms. The molecule has 0 fully saturated rings. The van der Waals surface area contributed by atoms with Crippen LogP contribution in [0.2, 0.25) is 0 Å². The molecule has 0 atom stereocenters. The van der Waals surface area contributed by atoms with Gasteiger partial charge in [-0.25, -0.2) is 0 Å². The average Bonchev–Trinajstić information content (AvgIpc) is 2.03. The minimum atomic E-state index is 0.773. The first-order chi connectivity index (χ1) is 4.93. The fraction of sp³-hybridized carbons (Fsp3) is 0.333. The summed E-state index contributed by atoms with van der Waals surface area (Å²) in [7, 11) is 0. The zero-order valence-electron chi connectivity index (χ0n) is 5.74. The van der Waals surface area contributed by atoms with E-state index in [2.05, 4.69) is 14.9 Å². The lowest BCUT2D eigenvalue weighted by molar-refractivity contribution is 0.862. The van der Waals surface area contributed by atoms with Crippen LogP contribution in [0, 0.1) is 0 Å². The van der Waals surface area contributed by atoms with Gasteiger partial charge in [-0.2, -0.15) is 10.2 Å². The number of hydrogen-bond donors (Lipinski definition) is 1. The third-order valence-corrected chi connectivity index (χ3v) is 1.46. The SMILES string of the molecule is CSNCc1cccnn1. The van der Waals surface area contributed by atoms with Gasteiger partial charge in [0.05, 0.1) is 12.2 Å². The summed E-state index contributed by atoms with van der Waals surface area (Å²) < 4.78 is 3.08. The molecule has 1 N–H and O–H groups in total. The van der Waals surface area contributed by atoms with Crippen LogP contribution >= 0.6 is 11.9 Å². The zero-order valence-corrected chi connectivity index (χ0v) is 6.56. The maximum Gasteiger partial charge on any atom is 0.0778 e.